The van der Waals surface area contributed by atoms with Crippen LogP contribution in [0.1, 0.15) is 58.4 Å². The van der Waals surface area contributed by atoms with Gasteiger partial charge in [-0.1, -0.05) is 75.7 Å². The van der Waals surface area contributed by atoms with Crippen molar-refractivity contribution in [1.29, 1.82) is 0 Å². The van der Waals surface area contributed by atoms with Gasteiger partial charge in [-0.2, -0.15) is 0 Å². The van der Waals surface area contributed by atoms with Crippen LogP contribution in [-0.2, 0) is 37.2 Å². The molecule has 0 saturated heterocycles. The average molecular weight is 629 g/mol. The molecule has 3 aromatic rings. The van der Waals surface area contributed by atoms with E-state index in [-0.39, 0.29) is 43.7 Å². The van der Waals surface area contributed by atoms with Crippen LogP contribution in [0.25, 0.3) is 22.5 Å². The molecular weight excluding hydrogens is 588 g/mol. The van der Waals surface area contributed by atoms with Gasteiger partial charge in [0.1, 0.15) is 6.04 Å². The van der Waals surface area contributed by atoms with Crippen molar-refractivity contribution in [3.8, 4) is 22.5 Å². The Labute approximate surface area is 260 Å². The standard InChI is InChI=1S/C30H40N6O9/c1-4-5-12-26(37)34(27(21(2)3)29(38)39)19-22-13-15-23(16-14-22)24-10-6-7-11-25(24)28-31-33-35(32-28)20-44-30(40)43-17-8-9-18-45-36(41)42/h6-7,10-11,13-16,21,27,41-42H,4-5,8-9,12,17-20H2,1-3H3,(H,38,39)/t27-/m0/s1. The Balaban J connectivity index is 1.66. The predicted molar refractivity (Wildman–Crippen MR) is 158 cm³/mol. The summed E-state index contributed by atoms with van der Waals surface area (Å²) in [7, 11) is 0. The van der Waals surface area contributed by atoms with E-state index in [1.54, 1.807) is 13.8 Å². The fourth-order valence-corrected chi connectivity index (χ4v) is 4.57. The van der Waals surface area contributed by atoms with E-state index in [4.69, 9.17) is 19.9 Å². The summed E-state index contributed by atoms with van der Waals surface area (Å²) in [5.41, 5.74) is 3.16. The number of carbonyl (C=O) groups is 3. The van der Waals surface area contributed by atoms with Gasteiger partial charge in [0.05, 0.1) is 18.6 Å². The molecule has 0 aliphatic heterocycles. The Bertz CT molecular complexity index is 1380. The maximum atomic E-state index is 13.0. The van der Waals surface area contributed by atoms with E-state index in [2.05, 4.69) is 20.2 Å². The van der Waals surface area contributed by atoms with Gasteiger partial charge in [-0.25, -0.2) is 9.59 Å². The number of carboxylic acid groups (broad SMARTS) is 1. The highest BCUT2D eigenvalue weighted by atomic mass is 17.1. The molecule has 0 aliphatic carbocycles. The number of hydrogen-bond donors (Lipinski definition) is 3. The molecule has 3 rings (SSSR count). The van der Waals surface area contributed by atoms with E-state index >= 15 is 0 Å². The lowest BCUT2D eigenvalue weighted by Gasteiger charge is -2.32. The first-order valence-corrected chi connectivity index (χ1v) is 14.7. The van der Waals surface area contributed by atoms with Crippen LogP contribution in [0.3, 0.4) is 0 Å². The van der Waals surface area contributed by atoms with Crippen molar-refractivity contribution in [1.82, 2.24) is 30.5 Å². The molecule has 244 valence electrons. The van der Waals surface area contributed by atoms with Crippen LogP contribution in [0.15, 0.2) is 48.5 Å². The number of amides is 1. The smallest absolute Gasteiger partial charge is 0.480 e. The number of carboxylic acids is 1. The molecule has 0 aliphatic rings. The van der Waals surface area contributed by atoms with Crippen LogP contribution in [0.4, 0.5) is 4.79 Å². The van der Waals surface area contributed by atoms with Gasteiger partial charge in [0.15, 0.2) is 0 Å². The van der Waals surface area contributed by atoms with Crippen molar-refractivity contribution >= 4 is 18.0 Å². The molecule has 0 radical (unpaired) electrons. The number of nitrogens with zero attached hydrogens (tertiary/aromatic N) is 6. The lowest BCUT2D eigenvalue weighted by molar-refractivity contribution is -0.492. The molecule has 1 atom stereocenters. The van der Waals surface area contributed by atoms with Gasteiger partial charge in [-0.15, -0.1) is 15.0 Å². The van der Waals surface area contributed by atoms with Crippen LogP contribution in [-0.4, -0.2) is 83.3 Å². The third-order valence-corrected chi connectivity index (χ3v) is 6.79. The van der Waals surface area contributed by atoms with Crippen LogP contribution in [0.5, 0.6) is 0 Å². The van der Waals surface area contributed by atoms with Crippen molar-refractivity contribution in [2.45, 2.75) is 72.2 Å². The summed E-state index contributed by atoms with van der Waals surface area (Å²) < 4.78 is 9.96. The van der Waals surface area contributed by atoms with Crippen molar-refractivity contribution in [3.05, 3.63) is 54.1 Å². The first kappa shape index (κ1) is 35.0. The molecular formula is C30H40N6O9. The Morgan fingerprint density at radius 3 is 2.27 bits per heavy atom. The number of ether oxygens (including phenoxy) is 2. The van der Waals surface area contributed by atoms with Crippen LogP contribution in [0, 0.1) is 5.92 Å². The van der Waals surface area contributed by atoms with Crippen LogP contribution in [0.2, 0.25) is 0 Å². The molecule has 2 aromatic carbocycles. The van der Waals surface area contributed by atoms with Gasteiger partial charge < -0.3 is 19.5 Å². The van der Waals surface area contributed by atoms with Gasteiger partial charge in [0.2, 0.25) is 18.5 Å². The van der Waals surface area contributed by atoms with Crippen molar-refractivity contribution in [2.75, 3.05) is 13.2 Å². The summed E-state index contributed by atoms with van der Waals surface area (Å²) in [6.45, 7) is 5.53. The summed E-state index contributed by atoms with van der Waals surface area (Å²) >= 11 is 0. The molecule has 0 saturated carbocycles. The summed E-state index contributed by atoms with van der Waals surface area (Å²) in [5.74, 6) is -1.15. The average Bonchev–Trinajstić information content (AvgIpc) is 3.49. The van der Waals surface area contributed by atoms with E-state index < -0.39 is 18.2 Å². The Morgan fingerprint density at radius 1 is 0.933 bits per heavy atom. The van der Waals surface area contributed by atoms with Gasteiger partial charge >= 0.3 is 12.1 Å². The first-order chi connectivity index (χ1) is 21.6. The van der Waals surface area contributed by atoms with Gasteiger partial charge in [-0.05, 0) is 47.1 Å². The number of aliphatic carboxylic acids is 1. The third-order valence-electron chi connectivity index (χ3n) is 6.79. The lowest BCUT2D eigenvalue weighted by Crippen LogP contribution is -2.47. The molecule has 3 N–H and O–H groups in total. The van der Waals surface area contributed by atoms with Crippen molar-refractivity contribution in [2.24, 2.45) is 5.92 Å². The summed E-state index contributed by atoms with van der Waals surface area (Å²) in [6.07, 6.45) is 1.75. The highest BCUT2D eigenvalue weighted by molar-refractivity contribution is 5.84. The number of hydrogen-bond acceptors (Lipinski definition) is 12. The fourth-order valence-electron chi connectivity index (χ4n) is 4.57. The molecule has 0 fully saturated rings. The van der Waals surface area contributed by atoms with Gasteiger partial charge in [-0.3, -0.25) is 20.0 Å². The maximum Gasteiger partial charge on any atom is 0.510 e. The predicted octanol–water partition coefficient (Wildman–Crippen LogP) is 4.54. The number of unbranched alkanes of at least 4 members (excludes halogenated alkanes) is 2. The molecule has 1 heterocycles. The molecule has 0 spiro atoms. The minimum absolute atomic E-state index is 0.0347. The number of rotatable bonds is 18. The zero-order chi connectivity index (χ0) is 32.8. The van der Waals surface area contributed by atoms with Gasteiger partial charge in [0, 0.05) is 18.5 Å². The van der Waals surface area contributed by atoms with Crippen LogP contribution < -0.4 is 0 Å². The maximum absolute atomic E-state index is 13.0. The number of benzene rings is 2. The Hall–Kier alpha value is -4.44. The van der Waals surface area contributed by atoms with Crippen LogP contribution >= 0.6 is 0 Å². The highest BCUT2D eigenvalue weighted by Gasteiger charge is 2.32. The second kappa shape index (κ2) is 17.8. The molecule has 1 amide bonds. The Morgan fingerprint density at radius 2 is 1.62 bits per heavy atom. The topological polar surface area (TPSA) is 190 Å². The fraction of sp³-hybridized carbons (Fsp3) is 0.467. The second-order valence-electron chi connectivity index (χ2n) is 10.5. The van der Waals surface area contributed by atoms with Crippen molar-refractivity contribution < 1.29 is 44.2 Å². The molecule has 15 heteroatoms. The minimum Gasteiger partial charge on any atom is -0.480 e. The molecule has 1 aromatic heterocycles. The lowest BCUT2D eigenvalue weighted by atomic mass is 9.97. The monoisotopic (exact) mass is 628 g/mol. The van der Waals surface area contributed by atoms with E-state index in [0.717, 1.165) is 27.9 Å². The SMILES string of the molecule is CCCCC(=O)N(Cc1ccc(-c2ccccc2-c2nnn(COC(=O)OCCCCON(O)O)n2)cc1)[C@H](C(=O)O)C(C)C. The third kappa shape index (κ3) is 10.9. The normalized spacial score (nSPS) is 11.9. The number of carbonyl (C=O) groups excluding carboxylic acids is 2. The first-order valence-electron chi connectivity index (χ1n) is 14.7. The number of tetrazole rings is 1. The van der Waals surface area contributed by atoms with E-state index in [1.165, 1.54) is 4.90 Å². The summed E-state index contributed by atoms with van der Waals surface area (Å²) in [5, 5.41) is 38.8. The molecule has 15 nitrogen and oxygen atoms in total. The molecule has 45 heavy (non-hydrogen) atoms. The highest BCUT2D eigenvalue weighted by Crippen LogP contribution is 2.30. The van der Waals surface area contributed by atoms with E-state index in [0.29, 0.717) is 37.1 Å². The quantitative estimate of drug-likeness (QED) is 0.101. The molecule has 0 bridgehead atoms. The zero-order valence-corrected chi connectivity index (χ0v) is 25.6. The largest absolute Gasteiger partial charge is 0.510 e. The van der Waals surface area contributed by atoms with E-state index in [1.807, 2.05) is 55.5 Å². The second-order valence-corrected chi connectivity index (χ2v) is 10.5. The number of aromatic nitrogens is 4. The van der Waals surface area contributed by atoms with Crippen molar-refractivity contribution in [3.63, 3.8) is 0 Å². The van der Waals surface area contributed by atoms with Gasteiger partial charge in [0.25, 0.3) is 0 Å². The summed E-state index contributed by atoms with van der Waals surface area (Å²) in [6, 6.07) is 14.1. The van der Waals surface area contributed by atoms with E-state index in [9.17, 15) is 19.5 Å². The zero-order valence-electron chi connectivity index (χ0n) is 25.6. The molecule has 0 unspecified atom stereocenters. The summed E-state index contributed by atoms with van der Waals surface area (Å²) in [4.78, 5) is 43.9. The Kier molecular flexibility index (Phi) is 13.8. The minimum atomic E-state index is -1.02.